The molecule has 0 N–H and O–H groups in total. The summed E-state index contributed by atoms with van der Waals surface area (Å²) in [7, 11) is 0. The average molecular weight is 443 g/mol. The van der Waals surface area contributed by atoms with Crippen LogP contribution in [-0.4, -0.2) is 29.3 Å². The van der Waals surface area contributed by atoms with E-state index in [0.717, 1.165) is 39.6 Å². The van der Waals surface area contributed by atoms with Crippen LogP contribution in [0.5, 0.6) is 5.75 Å². The van der Waals surface area contributed by atoms with Gasteiger partial charge in [0.2, 0.25) is 0 Å². The summed E-state index contributed by atoms with van der Waals surface area (Å²) in [5, 5.41) is 2.21. The molecular formula is C22H22N2O4S2. The molecule has 5 rings (SSSR count). The van der Waals surface area contributed by atoms with Crippen molar-refractivity contribution in [3.63, 3.8) is 0 Å². The van der Waals surface area contributed by atoms with Gasteiger partial charge >= 0.3 is 5.97 Å². The molecule has 0 radical (unpaired) electrons. The van der Waals surface area contributed by atoms with Gasteiger partial charge in [-0.05, 0) is 50.3 Å². The SMILES string of the molecule is CCOC(=O)c1cc2c(c(CSc3ncnc4sc5c(c34)CCCC5)c1)OCOC2. The molecule has 3 aromatic rings. The number of rotatable bonds is 5. The zero-order valence-corrected chi connectivity index (χ0v) is 18.4. The molecule has 6 nitrogen and oxygen atoms in total. The van der Waals surface area contributed by atoms with Crippen molar-refractivity contribution in [2.45, 2.75) is 50.0 Å². The number of hydrogen-bond acceptors (Lipinski definition) is 8. The van der Waals surface area contributed by atoms with Crippen LogP contribution in [0.3, 0.4) is 0 Å². The number of nitrogens with zero attached hydrogens (tertiary/aromatic N) is 2. The molecule has 2 aliphatic rings. The fraction of sp³-hybridized carbons (Fsp3) is 0.409. The number of fused-ring (bicyclic) bond motifs is 4. The van der Waals surface area contributed by atoms with E-state index in [1.54, 1.807) is 42.4 Å². The van der Waals surface area contributed by atoms with Gasteiger partial charge in [-0.25, -0.2) is 14.8 Å². The van der Waals surface area contributed by atoms with Crippen LogP contribution in [0.2, 0.25) is 0 Å². The van der Waals surface area contributed by atoms with Crippen LogP contribution in [0.1, 0.15) is 51.7 Å². The van der Waals surface area contributed by atoms with E-state index < -0.39 is 0 Å². The highest BCUT2D eigenvalue weighted by Gasteiger charge is 2.23. The van der Waals surface area contributed by atoms with Crippen molar-refractivity contribution >= 4 is 39.3 Å². The van der Waals surface area contributed by atoms with Crippen LogP contribution in [0, 0.1) is 0 Å². The van der Waals surface area contributed by atoms with Gasteiger partial charge in [0.1, 0.15) is 21.9 Å². The monoisotopic (exact) mass is 442 g/mol. The predicted octanol–water partition coefficient (Wildman–Crippen LogP) is 4.91. The number of ether oxygens (including phenoxy) is 3. The fourth-order valence-corrected chi connectivity index (χ4v) is 6.34. The first-order valence-corrected chi connectivity index (χ1v) is 12.0. The molecule has 0 bridgehead atoms. The summed E-state index contributed by atoms with van der Waals surface area (Å²) in [6, 6.07) is 3.68. The molecule has 8 heteroatoms. The van der Waals surface area contributed by atoms with E-state index >= 15 is 0 Å². The minimum atomic E-state index is -0.326. The Labute approximate surface area is 183 Å². The van der Waals surface area contributed by atoms with Crippen molar-refractivity contribution < 1.29 is 19.0 Å². The highest BCUT2D eigenvalue weighted by atomic mass is 32.2. The Morgan fingerprint density at radius 2 is 2.17 bits per heavy atom. The Morgan fingerprint density at radius 1 is 1.27 bits per heavy atom. The van der Waals surface area contributed by atoms with Gasteiger partial charge in [0.25, 0.3) is 0 Å². The largest absolute Gasteiger partial charge is 0.467 e. The Hall–Kier alpha value is -2.16. The summed E-state index contributed by atoms with van der Waals surface area (Å²) in [6.07, 6.45) is 6.37. The van der Waals surface area contributed by atoms with Crippen molar-refractivity contribution in [1.82, 2.24) is 9.97 Å². The number of benzene rings is 1. The van der Waals surface area contributed by atoms with Crippen LogP contribution in [0.4, 0.5) is 0 Å². The van der Waals surface area contributed by atoms with Gasteiger partial charge in [-0.2, -0.15) is 0 Å². The van der Waals surface area contributed by atoms with E-state index in [1.165, 1.54) is 28.7 Å². The molecule has 0 fully saturated rings. The zero-order chi connectivity index (χ0) is 20.5. The number of aromatic nitrogens is 2. The Bertz CT molecular complexity index is 1110. The number of hydrogen-bond donors (Lipinski definition) is 0. The summed E-state index contributed by atoms with van der Waals surface area (Å²) < 4.78 is 16.4. The molecule has 0 atom stereocenters. The third-order valence-electron chi connectivity index (χ3n) is 5.38. The van der Waals surface area contributed by atoms with Gasteiger partial charge in [-0.15, -0.1) is 23.1 Å². The van der Waals surface area contributed by atoms with E-state index in [2.05, 4.69) is 9.97 Å². The molecular weight excluding hydrogens is 420 g/mol. The van der Waals surface area contributed by atoms with Gasteiger partial charge in [0, 0.05) is 27.1 Å². The molecule has 0 amide bonds. The topological polar surface area (TPSA) is 70.5 Å². The normalized spacial score (nSPS) is 15.4. The molecule has 1 aliphatic heterocycles. The van der Waals surface area contributed by atoms with Crippen molar-refractivity contribution in [2.75, 3.05) is 13.4 Å². The van der Waals surface area contributed by atoms with Crippen LogP contribution in [-0.2, 0) is 34.7 Å². The maximum Gasteiger partial charge on any atom is 0.338 e. The number of thioether (sulfide) groups is 1. The van der Waals surface area contributed by atoms with Gasteiger partial charge in [0.15, 0.2) is 6.79 Å². The van der Waals surface area contributed by atoms with Crippen molar-refractivity contribution in [1.29, 1.82) is 0 Å². The van der Waals surface area contributed by atoms with Gasteiger partial charge < -0.3 is 14.2 Å². The van der Waals surface area contributed by atoms with Crippen LogP contribution in [0.25, 0.3) is 10.2 Å². The summed E-state index contributed by atoms with van der Waals surface area (Å²) in [6.45, 7) is 2.80. The molecule has 3 heterocycles. The van der Waals surface area contributed by atoms with Gasteiger partial charge in [-0.1, -0.05) is 0 Å². The smallest absolute Gasteiger partial charge is 0.338 e. The second-order valence-electron chi connectivity index (χ2n) is 7.31. The highest BCUT2D eigenvalue weighted by molar-refractivity contribution is 7.98. The lowest BCUT2D eigenvalue weighted by Gasteiger charge is -2.21. The predicted molar refractivity (Wildman–Crippen MR) is 116 cm³/mol. The maximum absolute atomic E-state index is 12.3. The average Bonchev–Trinajstić information content (AvgIpc) is 3.16. The first-order valence-electron chi connectivity index (χ1n) is 10.2. The molecule has 1 aliphatic carbocycles. The third-order valence-corrected chi connectivity index (χ3v) is 7.62. The Morgan fingerprint density at radius 3 is 3.07 bits per heavy atom. The number of thiophene rings is 1. The molecule has 0 saturated heterocycles. The van der Waals surface area contributed by atoms with Gasteiger partial charge in [-0.3, -0.25) is 0 Å². The molecule has 30 heavy (non-hydrogen) atoms. The minimum absolute atomic E-state index is 0.221. The first kappa shape index (κ1) is 19.8. The van der Waals surface area contributed by atoms with Crippen molar-refractivity contribution in [3.8, 4) is 5.75 Å². The Kier molecular flexibility index (Phi) is 5.62. The summed E-state index contributed by atoms with van der Waals surface area (Å²) >= 11 is 3.47. The van der Waals surface area contributed by atoms with Crippen molar-refractivity contribution in [2.24, 2.45) is 0 Å². The standard InChI is InChI=1S/C22H22N2O4S2/c1-2-27-22(25)13-7-14-9-26-12-28-19(14)15(8-13)10-29-20-18-16-5-3-4-6-17(16)30-21(18)24-11-23-20/h7-8,11H,2-6,9-10,12H2,1H3. The number of carbonyl (C=O) groups is 1. The van der Waals surface area contributed by atoms with E-state index in [9.17, 15) is 4.79 Å². The number of carbonyl (C=O) groups excluding carboxylic acids is 1. The van der Waals surface area contributed by atoms with E-state index in [-0.39, 0.29) is 12.8 Å². The van der Waals surface area contributed by atoms with Crippen molar-refractivity contribution in [3.05, 3.63) is 45.6 Å². The van der Waals surface area contributed by atoms with E-state index in [0.29, 0.717) is 24.5 Å². The second-order valence-corrected chi connectivity index (χ2v) is 9.36. The van der Waals surface area contributed by atoms with E-state index in [1.807, 2.05) is 6.07 Å². The molecule has 0 spiro atoms. The lowest BCUT2D eigenvalue weighted by molar-refractivity contribution is -0.0169. The molecule has 2 aromatic heterocycles. The number of aryl methyl sites for hydroxylation is 2. The summed E-state index contributed by atoms with van der Waals surface area (Å²) in [5.41, 5.74) is 3.79. The number of esters is 1. The van der Waals surface area contributed by atoms with E-state index in [4.69, 9.17) is 14.2 Å². The molecule has 0 unspecified atom stereocenters. The van der Waals surface area contributed by atoms with Gasteiger partial charge in [0.05, 0.1) is 18.8 Å². The lowest BCUT2D eigenvalue weighted by Crippen LogP contribution is -2.15. The third kappa shape index (κ3) is 3.68. The lowest BCUT2D eigenvalue weighted by atomic mass is 9.97. The van der Waals surface area contributed by atoms with Crippen LogP contribution < -0.4 is 4.74 Å². The molecule has 0 saturated carbocycles. The maximum atomic E-state index is 12.3. The summed E-state index contributed by atoms with van der Waals surface area (Å²) in [4.78, 5) is 24.0. The zero-order valence-electron chi connectivity index (χ0n) is 16.7. The molecule has 1 aromatic carbocycles. The highest BCUT2D eigenvalue weighted by Crippen LogP contribution is 2.41. The second kappa shape index (κ2) is 8.53. The fourth-order valence-electron chi connectivity index (χ4n) is 4.06. The Balaban J connectivity index is 1.48. The minimum Gasteiger partial charge on any atom is -0.467 e. The van der Waals surface area contributed by atoms with Crippen LogP contribution in [0.15, 0.2) is 23.5 Å². The quantitative estimate of drug-likeness (QED) is 0.316. The molecule has 156 valence electrons. The first-order chi connectivity index (χ1) is 14.7. The summed E-state index contributed by atoms with van der Waals surface area (Å²) in [5.74, 6) is 1.12. The van der Waals surface area contributed by atoms with Crippen LogP contribution >= 0.6 is 23.1 Å².